The molecule has 20 heavy (non-hydrogen) atoms. The van der Waals surface area contributed by atoms with Crippen molar-refractivity contribution in [3.05, 3.63) is 17.8 Å². The monoisotopic (exact) mass is 281 g/mol. The topological polar surface area (TPSA) is 86.5 Å². The molecule has 112 valence electrons. The lowest BCUT2D eigenvalue weighted by molar-refractivity contribution is 0.0527. The van der Waals surface area contributed by atoms with Gasteiger partial charge in [0.15, 0.2) is 0 Å². The molecule has 0 unspecified atom stereocenters. The highest BCUT2D eigenvalue weighted by Gasteiger charge is 2.12. The van der Waals surface area contributed by atoms with Crippen LogP contribution in [0.2, 0.25) is 0 Å². The van der Waals surface area contributed by atoms with Gasteiger partial charge >= 0.3 is 5.97 Å². The van der Waals surface area contributed by atoms with Crippen LogP contribution in [0.4, 0.5) is 11.5 Å². The Balaban J connectivity index is 2.50. The van der Waals surface area contributed by atoms with E-state index >= 15 is 0 Å². The minimum atomic E-state index is -0.438. The molecule has 0 aliphatic carbocycles. The van der Waals surface area contributed by atoms with Crippen LogP contribution in [0, 0.1) is 5.92 Å². The molecule has 1 aromatic rings. The molecule has 3 N–H and O–H groups in total. The van der Waals surface area contributed by atoms with Gasteiger partial charge < -0.3 is 20.5 Å². The van der Waals surface area contributed by atoms with E-state index in [1.54, 1.807) is 13.0 Å². The summed E-state index contributed by atoms with van der Waals surface area (Å²) in [6, 6.07) is 1.59. The van der Waals surface area contributed by atoms with E-state index in [4.69, 9.17) is 15.2 Å². The van der Waals surface area contributed by atoms with Crippen LogP contribution in [0.3, 0.4) is 0 Å². The van der Waals surface area contributed by atoms with E-state index in [-0.39, 0.29) is 0 Å². The van der Waals surface area contributed by atoms with Crippen LogP contribution < -0.4 is 11.1 Å². The van der Waals surface area contributed by atoms with Gasteiger partial charge in [0.2, 0.25) is 0 Å². The standard InChI is InChI=1S/C14H23N3O3/c1-4-20-14(18)11-7-13(17-8-12(11)15)16-5-6-19-9-10(2)3/h7-8,10H,4-6,9,15H2,1-3H3,(H,16,17). The van der Waals surface area contributed by atoms with E-state index < -0.39 is 5.97 Å². The van der Waals surface area contributed by atoms with E-state index in [9.17, 15) is 4.79 Å². The van der Waals surface area contributed by atoms with E-state index in [1.165, 1.54) is 6.20 Å². The molecule has 1 aromatic heterocycles. The quantitative estimate of drug-likeness (QED) is 0.559. The molecule has 0 aliphatic rings. The largest absolute Gasteiger partial charge is 0.462 e. The highest BCUT2D eigenvalue weighted by atomic mass is 16.5. The number of nitrogens with two attached hydrogens (primary N) is 1. The highest BCUT2D eigenvalue weighted by Crippen LogP contribution is 2.15. The lowest BCUT2D eigenvalue weighted by Crippen LogP contribution is -2.14. The summed E-state index contributed by atoms with van der Waals surface area (Å²) in [5.41, 5.74) is 6.35. The fourth-order valence-electron chi connectivity index (χ4n) is 1.52. The number of carbonyl (C=O) groups excluding carboxylic acids is 1. The Morgan fingerprint density at radius 3 is 2.90 bits per heavy atom. The van der Waals surface area contributed by atoms with Crippen molar-refractivity contribution in [2.75, 3.05) is 37.4 Å². The minimum absolute atomic E-state index is 0.310. The van der Waals surface area contributed by atoms with E-state index in [2.05, 4.69) is 24.1 Å². The molecule has 0 fully saturated rings. The van der Waals surface area contributed by atoms with Gasteiger partial charge in [-0.2, -0.15) is 0 Å². The number of anilines is 2. The molecular formula is C14H23N3O3. The summed E-state index contributed by atoms with van der Waals surface area (Å²) in [4.78, 5) is 15.8. The molecule has 0 amide bonds. The summed E-state index contributed by atoms with van der Waals surface area (Å²) >= 11 is 0. The Labute approximate surface area is 119 Å². The summed E-state index contributed by atoms with van der Waals surface area (Å²) in [5.74, 6) is 0.655. The molecule has 0 saturated carbocycles. The van der Waals surface area contributed by atoms with Gasteiger partial charge in [0.25, 0.3) is 0 Å². The van der Waals surface area contributed by atoms with Gasteiger partial charge in [-0.15, -0.1) is 0 Å². The summed E-state index contributed by atoms with van der Waals surface area (Å²) < 4.78 is 10.4. The molecule has 0 aliphatic heterocycles. The Bertz CT molecular complexity index is 436. The smallest absolute Gasteiger partial charge is 0.340 e. The van der Waals surface area contributed by atoms with Gasteiger partial charge in [-0.1, -0.05) is 13.8 Å². The molecule has 6 nitrogen and oxygen atoms in total. The summed E-state index contributed by atoms with van der Waals surface area (Å²) in [5, 5.41) is 3.08. The predicted molar refractivity (Wildman–Crippen MR) is 78.8 cm³/mol. The first-order valence-corrected chi connectivity index (χ1v) is 6.78. The molecule has 0 atom stereocenters. The third kappa shape index (κ3) is 5.44. The molecular weight excluding hydrogens is 258 g/mol. The normalized spacial score (nSPS) is 10.6. The third-order valence-corrected chi connectivity index (χ3v) is 2.43. The number of nitrogen functional groups attached to an aromatic ring is 1. The second kappa shape index (κ2) is 8.37. The first-order chi connectivity index (χ1) is 9.54. The van der Waals surface area contributed by atoms with Crippen molar-refractivity contribution in [1.82, 2.24) is 4.98 Å². The zero-order valence-electron chi connectivity index (χ0n) is 12.3. The SMILES string of the molecule is CCOC(=O)c1cc(NCCOCC(C)C)ncc1N. The summed E-state index contributed by atoms with van der Waals surface area (Å²) in [6.07, 6.45) is 1.45. The zero-order chi connectivity index (χ0) is 15.0. The number of carbonyl (C=O) groups is 1. The number of esters is 1. The number of hydrogen-bond donors (Lipinski definition) is 2. The van der Waals surface area contributed by atoms with Crippen molar-refractivity contribution in [3.63, 3.8) is 0 Å². The Morgan fingerprint density at radius 2 is 2.25 bits per heavy atom. The van der Waals surface area contributed by atoms with Gasteiger partial charge in [0, 0.05) is 13.2 Å². The molecule has 0 bridgehead atoms. The highest BCUT2D eigenvalue weighted by molar-refractivity contribution is 5.95. The Morgan fingerprint density at radius 1 is 1.50 bits per heavy atom. The van der Waals surface area contributed by atoms with Crippen molar-refractivity contribution < 1.29 is 14.3 Å². The molecule has 6 heteroatoms. The van der Waals surface area contributed by atoms with Crippen molar-refractivity contribution in [3.8, 4) is 0 Å². The number of hydrogen-bond acceptors (Lipinski definition) is 6. The summed E-state index contributed by atoms with van der Waals surface area (Å²) in [6.45, 7) is 8.18. The molecule has 0 aromatic carbocycles. The van der Waals surface area contributed by atoms with E-state index in [1.807, 2.05) is 0 Å². The van der Waals surface area contributed by atoms with Crippen LogP contribution >= 0.6 is 0 Å². The van der Waals surface area contributed by atoms with E-state index in [0.717, 1.165) is 6.61 Å². The lowest BCUT2D eigenvalue weighted by atomic mass is 10.2. The fraction of sp³-hybridized carbons (Fsp3) is 0.571. The first-order valence-electron chi connectivity index (χ1n) is 6.78. The molecule has 0 spiro atoms. The number of aromatic nitrogens is 1. The average molecular weight is 281 g/mol. The van der Waals surface area contributed by atoms with Crippen molar-refractivity contribution in [1.29, 1.82) is 0 Å². The van der Waals surface area contributed by atoms with Crippen LogP contribution in [0.15, 0.2) is 12.3 Å². The fourth-order valence-corrected chi connectivity index (χ4v) is 1.52. The Hall–Kier alpha value is -1.82. The minimum Gasteiger partial charge on any atom is -0.462 e. The average Bonchev–Trinajstić information content (AvgIpc) is 2.40. The van der Waals surface area contributed by atoms with E-state index in [0.29, 0.717) is 42.7 Å². The zero-order valence-corrected chi connectivity index (χ0v) is 12.3. The third-order valence-electron chi connectivity index (χ3n) is 2.43. The van der Waals surface area contributed by atoms with Gasteiger partial charge in [-0.05, 0) is 18.9 Å². The van der Waals surface area contributed by atoms with Gasteiger partial charge in [0.05, 0.1) is 30.7 Å². The first kappa shape index (κ1) is 16.2. The van der Waals surface area contributed by atoms with Crippen LogP contribution in [0.25, 0.3) is 0 Å². The maximum Gasteiger partial charge on any atom is 0.340 e. The molecule has 0 radical (unpaired) electrons. The summed E-state index contributed by atoms with van der Waals surface area (Å²) in [7, 11) is 0. The lowest BCUT2D eigenvalue weighted by Gasteiger charge is -2.10. The van der Waals surface area contributed by atoms with Gasteiger partial charge in [-0.25, -0.2) is 9.78 Å². The molecule has 0 saturated heterocycles. The maximum absolute atomic E-state index is 11.7. The van der Waals surface area contributed by atoms with Crippen molar-refractivity contribution in [2.24, 2.45) is 5.92 Å². The van der Waals surface area contributed by atoms with Crippen LogP contribution in [0.5, 0.6) is 0 Å². The number of pyridine rings is 1. The number of rotatable bonds is 8. The number of nitrogens with one attached hydrogen (secondary N) is 1. The molecule has 1 heterocycles. The van der Waals surface area contributed by atoms with Crippen LogP contribution in [-0.4, -0.2) is 37.3 Å². The van der Waals surface area contributed by atoms with Crippen LogP contribution in [-0.2, 0) is 9.47 Å². The van der Waals surface area contributed by atoms with Crippen molar-refractivity contribution >= 4 is 17.5 Å². The van der Waals surface area contributed by atoms with Gasteiger partial charge in [0.1, 0.15) is 5.82 Å². The van der Waals surface area contributed by atoms with Crippen molar-refractivity contribution in [2.45, 2.75) is 20.8 Å². The number of nitrogens with zero attached hydrogens (tertiary/aromatic N) is 1. The second-order valence-electron chi connectivity index (χ2n) is 4.77. The Kier molecular flexibility index (Phi) is 6.79. The van der Waals surface area contributed by atoms with Gasteiger partial charge in [-0.3, -0.25) is 0 Å². The molecule has 1 rings (SSSR count). The van der Waals surface area contributed by atoms with Crippen LogP contribution in [0.1, 0.15) is 31.1 Å². The predicted octanol–water partition coefficient (Wildman–Crippen LogP) is 1.92. The number of ether oxygens (including phenoxy) is 2. The maximum atomic E-state index is 11.7. The second-order valence-corrected chi connectivity index (χ2v) is 4.77.